The third-order valence-electron chi connectivity index (χ3n) is 3.98. The highest BCUT2D eigenvalue weighted by atomic mass is 32.2. The first-order valence-corrected chi connectivity index (χ1v) is 9.93. The first-order chi connectivity index (χ1) is 13.4. The Bertz CT molecular complexity index is 957. The second-order valence-corrected chi connectivity index (χ2v) is 7.61. The van der Waals surface area contributed by atoms with Gasteiger partial charge in [-0.25, -0.2) is 8.42 Å². The molecular formula is C20H23NO6S. The Hall–Kier alpha value is -3.00. The molecule has 8 heteroatoms. The van der Waals surface area contributed by atoms with Crippen LogP contribution in [0.2, 0.25) is 0 Å². The molecule has 28 heavy (non-hydrogen) atoms. The minimum Gasteiger partial charge on any atom is -0.496 e. The fraction of sp³-hybridized carbons (Fsp3) is 0.250. The van der Waals surface area contributed by atoms with E-state index in [4.69, 9.17) is 18.9 Å². The standard InChI is InChI=1S/C20H23NO6S/c1-21-17-10-14(6-7-18(17)25-3)13-28(22,23)9-8-16-19(26-4)11-15(24-2)12-20(16)27-5/h6-12H,1,13H2,2-5H3/b9-8+. The van der Waals surface area contributed by atoms with Gasteiger partial charge in [-0.3, -0.25) is 4.99 Å². The fourth-order valence-corrected chi connectivity index (χ4v) is 3.68. The molecule has 0 aliphatic rings. The van der Waals surface area contributed by atoms with Crippen LogP contribution in [0, 0.1) is 0 Å². The van der Waals surface area contributed by atoms with E-state index in [1.807, 2.05) is 0 Å². The SMILES string of the molecule is C=Nc1cc(CS(=O)(=O)/C=C/c2c(OC)cc(OC)cc2OC)ccc1OC. The van der Waals surface area contributed by atoms with Crippen LogP contribution in [-0.2, 0) is 15.6 Å². The smallest absolute Gasteiger partial charge is 0.175 e. The predicted octanol–water partition coefficient (Wildman–Crippen LogP) is 3.64. The highest BCUT2D eigenvalue weighted by molar-refractivity contribution is 7.93. The first-order valence-electron chi connectivity index (χ1n) is 8.22. The van der Waals surface area contributed by atoms with E-state index in [0.29, 0.717) is 39.8 Å². The Morgan fingerprint density at radius 1 is 0.929 bits per heavy atom. The van der Waals surface area contributed by atoms with Crippen molar-refractivity contribution in [2.24, 2.45) is 4.99 Å². The van der Waals surface area contributed by atoms with Crippen molar-refractivity contribution in [3.63, 3.8) is 0 Å². The summed E-state index contributed by atoms with van der Waals surface area (Å²) in [5, 5.41) is 1.13. The number of hydrogen-bond donors (Lipinski definition) is 0. The van der Waals surface area contributed by atoms with Gasteiger partial charge in [-0.1, -0.05) is 6.07 Å². The van der Waals surface area contributed by atoms with E-state index in [-0.39, 0.29) is 5.75 Å². The van der Waals surface area contributed by atoms with Gasteiger partial charge in [0.25, 0.3) is 0 Å². The summed E-state index contributed by atoms with van der Waals surface area (Å²) < 4.78 is 46.2. The van der Waals surface area contributed by atoms with Crippen molar-refractivity contribution in [3.05, 3.63) is 46.9 Å². The van der Waals surface area contributed by atoms with E-state index >= 15 is 0 Å². The van der Waals surface area contributed by atoms with Crippen LogP contribution in [0.1, 0.15) is 11.1 Å². The Balaban J connectivity index is 2.34. The Labute approximate surface area is 165 Å². The van der Waals surface area contributed by atoms with Crippen molar-refractivity contribution < 1.29 is 27.4 Å². The van der Waals surface area contributed by atoms with E-state index in [0.717, 1.165) is 5.41 Å². The molecule has 0 saturated carbocycles. The lowest BCUT2D eigenvalue weighted by Gasteiger charge is -2.12. The second-order valence-electron chi connectivity index (χ2n) is 5.72. The molecule has 0 amide bonds. The summed E-state index contributed by atoms with van der Waals surface area (Å²) in [5.74, 6) is 1.74. The van der Waals surface area contributed by atoms with Gasteiger partial charge in [0, 0.05) is 17.5 Å². The summed E-state index contributed by atoms with van der Waals surface area (Å²) in [4.78, 5) is 3.85. The fourth-order valence-electron chi connectivity index (χ4n) is 2.60. The lowest BCUT2D eigenvalue weighted by molar-refractivity contribution is 0.374. The maximum absolute atomic E-state index is 12.6. The lowest BCUT2D eigenvalue weighted by Crippen LogP contribution is -2.01. The van der Waals surface area contributed by atoms with E-state index in [1.165, 1.54) is 34.5 Å². The van der Waals surface area contributed by atoms with Gasteiger partial charge in [0.05, 0.1) is 39.8 Å². The van der Waals surface area contributed by atoms with Gasteiger partial charge in [0.15, 0.2) is 9.84 Å². The van der Waals surface area contributed by atoms with Crippen molar-refractivity contribution in [2.45, 2.75) is 5.75 Å². The summed E-state index contributed by atoms with van der Waals surface area (Å²) >= 11 is 0. The van der Waals surface area contributed by atoms with Gasteiger partial charge in [-0.05, 0) is 30.5 Å². The van der Waals surface area contributed by atoms with Gasteiger partial charge in [0.1, 0.15) is 28.7 Å². The molecule has 0 atom stereocenters. The van der Waals surface area contributed by atoms with Crippen LogP contribution in [-0.4, -0.2) is 43.6 Å². The van der Waals surface area contributed by atoms with E-state index in [1.54, 1.807) is 30.3 Å². The van der Waals surface area contributed by atoms with Crippen molar-refractivity contribution in [3.8, 4) is 23.0 Å². The quantitative estimate of drug-likeness (QED) is 0.592. The Kier molecular flexibility index (Phi) is 7.06. The van der Waals surface area contributed by atoms with Crippen molar-refractivity contribution in [2.75, 3.05) is 28.4 Å². The molecule has 150 valence electrons. The van der Waals surface area contributed by atoms with Crippen LogP contribution in [0.15, 0.2) is 40.7 Å². The summed E-state index contributed by atoms with van der Waals surface area (Å²) in [6, 6.07) is 8.27. The molecule has 0 heterocycles. The number of methoxy groups -OCH3 is 4. The molecular weight excluding hydrogens is 382 g/mol. The summed E-state index contributed by atoms with van der Waals surface area (Å²) in [6.45, 7) is 3.47. The zero-order chi connectivity index (χ0) is 20.7. The molecule has 0 aromatic heterocycles. The van der Waals surface area contributed by atoms with Gasteiger partial charge >= 0.3 is 0 Å². The molecule has 0 radical (unpaired) electrons. The molecule has 0 saturated heterocycles. The molecule has 0 fully saturated rings. The average molecular weight is 405 g/mol. The average Bonchev–Trinajstić information content (AvgIpc) is 2.71. The van der Waals surface area contributed by atoms with Gasteiger partial charge in [-0.15, -0.1) is 0 Å². The van der Waals surface area contributed by atoms with Gasteiger partial charge in [0.2, 0.25) is 0 Å². The van der Waals surface area contributed by atoms with Crippen LogP contribution in [0.5, 0.6) is 23.0 Å². The van der Waals surface area contributed by atoms with Crippen LogP contribution < -0.4 is 18.9 Å². The zero-order valence-electron chi connectivity index (χ0n) is 16.3. The van der Waals surface area contributed by atoms with Gasteiger partial charge < -0.3 is 18.9 Å². The molecule has 0 unspecified atom stereocenters. The molecule has 2 aromatic carbocycles. The number of aliphatic imine (C=N–C) groups is 1. The number of ether oxygens (including phenoxy) is 4. The highest BCUT2D eigenvalue weighted by Crippen LogP contribution is 2.35. The van der Waals surface area contributed by atoms with Crippen LogP contribution >= 0.6 is 0 Å². The summed E-state index contributed by atoms with van der Waals surface area (Å²) in [5.41, 5.74) is 1.55. The Morgan fingerprint density at radius 2 is 1.54 bits per heavy atom. The molecule has 0 aliphatic carbocycles. The molecule has 0 N–H and O–H groups in total. The third kappa shape index (κ3) is 5.04. The minimum atomic E-state index is -3.57. The minimum absolute atomic E-state index is 0.198. The molecule has 0 spiro atoms. The number of sulfone groups is 1. The predicted molar refractivity (Wildman–Crippen MR) is 110 cm³/mol. The Morgan fingerprint density at radius 3 is 2.04 bits per heavy atom. The first kappa shape index (κ1) is 21.3. The molecule has 0 aliphatic heterocycles. The summed E-state index contributed by atoms with van der Waals surface area (Å²) in [7, 11) is 2.44. The monoisotopic (exact) mass is 405 g/mol. The summed E-state index contributed by atoms with van der Waals surface area (Å²) in [6.07, 6.45) is 1.45. The molecule has 7 nitrogen and oxygen atoms in total. The second kappa shape index (κ2) is 9.27. The number of benzene rings is 2. The van der Waals surface area contributed by atoms with E-state index in [2.05, 4.69) is 11.7 Å². The zero-order valence-corrected chi connectivity index (χ0v) is 17.1. The van der Waals surface area contributed by atoms with Crippen LogP contribution in [0.4, 0.5) is 5.69 Å². The molecule has 2 aromatic rings. The van der Waals surface area contributed by atoms with Crippen LogP contribution in [0.3, 0.4) is 0 Å². The molecule has 2 rings (SSSR count). The highest BCUT2D eigenvalue weighted by Gasteiger charge is 2.14. The third-order valence-corrected chi connectivity index (χ3v) is 5.26. The topological polar surface area (TPSA) is 83.4 Å². The van der Waals surface area contributed by atoms with Gasteiger partial charge in [-0.2, -0.15) is 0 Å². The number of rotatable bonds is 9. The maximum atomic E-state index is 12.6. The van der Waals surface area contributed by atoms with E-state index in [9.17, 15) is 8.42 Å². The van der Waals surface area contributed by atoms with Crippen molar-refractivity contribution >= 4 is 28.3 Å². The number of nitrogens with zero attached hydrogens (tertiary/aromatic N) is 1. The van der Waals surface area contributed by atoms with Crippen molar-refractivity contribution in [1.82, 2.24) is 0 Å². The normalized spacial score (nSPS) is 11.3. The lowest BCUT2D eigenvalue weighted by atomic mass is 10.1. The molecule has 0 bridgehead atoms. The maximum Gasteiger partial charge on any atom is 0.175 e. The largest absolute Gasteiger partial charge is 0.496 e. The van der Waals surface area contributed by atoms with Crippen LogP contribution in [0.25, 0.3) is 6.08 Å². The van der Waals surface area contributed by atoms with E-state index < -0.39 is 9.84 Å². The number of hydrogen-bond acceptors (Lipinski definition) is 7. The van der Waals surface area contributed by atoms with Crippen molar-refractivity contribution in [1.29, 1.82) is 0 Å².